The molecule has 0 aliphatic rings. The van der Waals surface area contributed by atoms with Gasteiger partial charge in [-0.15, -0.1) is 0 Å². The molecule has 2 aromatic carbocycles. The highest BCUT2D eigenvalue weighted by Crippen LogP contribution is 2.29. The first-order valence-corrected chi connectivity index (χ1v) is 8.26. The van der Waals surface area contributed by atoms with Crippen LogP contribution in [0.4, 0.5) is 8.78 Å². The van der Waals surface area contributed by atoms with E-state index in [0.717, 1.165) is 6.07 Å². The number of carbonyl (C=O) groups is 1. The Morgan fingerprint density at radius 1 is 1.27 bits per heavy atom. The van der Waals surface area contributed by atoms with Crippen LogP contribution in [0.3, 0.4) is 0 Å². The van der Waals surface area contributed by atoms with Crippen LogP contribution in [0.15, 0.2) is 36.4 Å². The molecule has 0 unspecified atom stereocenters. The van der Waals surface area contributed by atoms with Gasteiger partial charge in [-0.05, 0) is 30.2 Å². The van der Waals surface area contributed by atoms with Crippen LogP contribution in [0, 0.1) is 17.6 Å². The number of halogens is 2. The number of hydrogen-bond acceptors (Lipinski definition) is 3. The van der Waals surface area contributed by atoms with E-state index in [-0.39, 0.29) is 23.6 Å². The van der Waals surface area contributed by atoms with E-state index in [1.54, 1.807) is 12.1 Å². The van der Waals surface area contributed by atoms with Crippen LogP contribution in [0.2, 0.25) is 0 Å². The van der Waals surface area contributed by atoms with E-state index in [4.69, 9.17) is 0 Å². The first-order chi connectivity index (χ1) is 12.4. The SMILES string of the molecule is CC(C)[C@@H](CO)NC(=O)c1cc(F)c2n[nH]c(-c3cccc(F)c3)c2c1. The van der Waals surface area contributed by atoms with Crippen molar-refractivity contribution in [3.63, 3.8) is 0 Å². The second kappa shape index (κ2) is 7.21. The van der Waals surface area contributed by atoms with Gasteiger partial charge in [-0.1, -0.05) is 26.0 Å². The molecule has 1 aromatic heterocycles. The topological polar surface area (TPSA) is 78.0 Å². The van der Waals surface area contributed by atoms with E-state index >= 15 is 0 Å². The average Bonchev–Trinajstić information content (AvgIpc) is 3.03. The minimum absolute atomic E-state index is 0.0225. The molecule has 0 aliphatic heterocycles. The zero-order chi connectivity index (χ0) is 18.8. The van der Waals surface area contributed by atoms with Gasteiger partial charge in [0.05, 0.1) is 18.3 Å². The highest BCUT2D eigenvalue weighted by atomic mass is 19.1. The summed E-state index contributed by atoms with van der Waals surface area (Å²) >= 11 is 0. The summed E-state index contributed by atoms with van der Waals surface area (Å²) in [6.07, 6.45) is 0. The number of hydrogen-bond donors (Lipinski definition) is 3. The monoisotopic (exact) mass is 359 g/mol. The van der Waals surface area contributed by atoms with Crippen molar-refractivity contribution >= 4 is 16.8 Å². The van der Waals surface area contributed by atoms with Crippen LogP contribution in [0.25, 0.3) is 22.2 Å². The molecule has 3 rings (SSSR count). The number of amides is 1. The van der Waals surface area contributed by atoms with Gasteiger partial charge in [0, 0.05) is 16.5 Å². The van der Waals surface area contributed by atoms with Gasteiger partial charge in [-0.3, -0.25) is 9.89 Å². The molecule has 3 N–H and O–H groups in total. The summed E-state index contributed by atoms with van der Waals surface area (Å²) in [7, 11) is 0. The first-order valence-electron chi connectivity index (χ1n) is 8.26. The van der Waals surface area contributed by atoms with Crippen LogP contribution >= 0.6 is 0 Å². The molecule has 0 aliphatic carbocycles. The van der Waals surface area contributed by atoms with Crippen molar-refractivity contribution in [2.45, 2.75) is 19.9 Å². The molecule has 26 heavy (non-hydrogen) atoms. The van der Waals surface area contributed by atoms with Crippen molar-refractivity contribution in [1.29, 1.82) is 0 Å². The molecule has 0 fully saturated rings. The maximum atomic E-state index is 14.4. The third-order valence-electron chi connectivity index (χ3n) is 4.31. The molecular formula is C19H19F2N3O2. The van der Waals surface area contributed by atoms with Crippen LogP contribution in [-0.4, -0.2) is 33.9 Å². The fourth-order valence-electron chi connectivity index (χ4n) is 2.75. The number of fused-ring (bicyclic) bond motifs is 1. The van der Waals surface area contributed by atoms with Crippen LogP contribution < -0.4 is 5.32 Å². The molecule has 7 heteroatoms. The number of rotatable bonds is 5. The van der Waals surface area contributed by atoms with Crippen molar-refractivity contribution in [2.75, 3.05) is 6.61 Å². The minimum atomic E-state index is -0.656. The normalized spacial score (nSPS) is 12.5. The minimum Gasteiger partial charge on any atom is -0.394 e. The Bertz CT molecular complexity index is 953. The van der Waals surface area contributed by atoms with Crippen LogP contribution in [0.5, 0.6) is 0 Å². The predicted octanol–water partition coefficient (Wildman–Crippen LogP) is 3.25. The lowest BCUT2D eigenvalue weighted by molar-refractivity contribution is 0.0896. The number of aliphatic hydroxyl groups is 1. The lowest BCUT2D eigenvalue weighted by Gasteiger charge is -2.19. The van der Waals surface area contributed by atoms with E-state index in [0.29, 0.717) is 16.6 Å². The van der Waals surface area contributed by atoms with Gasteiger partial charge in [-0.2, -0.15) is 5.10 Å². The summed E-state index contributed by atoms with van der Waals surface area (Å²) < 4.78 is 27.9. The zero-order valence-electron chi connectivity index (χ0n) is 14.4. The molecule has 136 valence electrons. The Kier molecular flexibility index (Phi) is 4.99. The van der Waals surface area contributed by atoms with Gasteiger partial charge >= 0.3 is 0 Å². The Hall–Kier alpha value is -2.80. The molecule has 5 nitrogen and oxygen atoms in total. The standard InChI is InChI=1S/C19H19F2N3O2/c1-10(2)16(9-25)22-19(26)12-7-14-17(11-4-3-5-13(20)6-11)23-24-18(14)15(21)8-12/h3-8,10,16,25H,9H2,1-2H3,(H,22,26)(H,23,24)/t16-/m1/s1. The van der Waals surface area contributed by atoms with Gasteiger partial charge in [-0.25, -0.2) is 8.78 Å². The number of carbonyl (C=O) groups excluding carboxylic acids is 1. The Balaban J connectivity index is 2.03. The molecular weight excluding hydrogens is 340 g/mol. The summed E-state index contributed by atoms with van der Waals surface area (Å²) in [6.45, 7) is 3.51. The highest BCUT2D eigenvalue weighted by molar-refractivity contribution is 6.01. The van der Waals surface area contributed by atoms with Crippen molar-refractivity contribution in [3.05, 3.63) is 53.6 Å². The van der Waals surface area contributed by atoms with Gasteiger partial charge in [0.2, 0.25) is 0 Å². The molecule has 0 bridgehead atoms. The number of nitrogens with one attached hydrogen (secondary N) is 2. The molecule has 1 amide bonds. The smallest absolute Gasteiger partial charge is 0.251 e. The van der Waals surface area contributed by atoms with Gasteiger partial charge < -0.3 is 10.4 Å². The van der Waals surface area contributed by atoms with E-state index in [2.05, 4.69) is 15.5 Å². The highest BCUT2D eigenvalue weighted by Gasteiger charge is 2.20. The lowest BCUT2D eigenvalue weighted by Crippen LogP contribution is -2.41. The second-order valence-electron chi connectivity index (χ2n) is 6.47. The van der Waals surface area contributed by atoms with Crippen molar-refractivity contribution < 1.29 is 18.7 Å². The molecule has 3 aromatic rings. The van der Waals surface area contributed by atoms with E-state index in [1.807, 2.05) is 13.8 Å². The van der Waals surface area contributed by atoms with Gasteiger partial charge in [0.25, 0.3) is 5.91 Å². The number of aliphatic hydroxyl groups excluding tert-OH is 1. The number of aromatic amines is 1. The third-order valence-corrected chi connectivity index (χ3v) is 4.31. The van der Waals surface area contributed by atoms with Crippen LogP contribution in [0.1, 0.15) is 24.2 Å². The quantitative estimate of drug-likeness (QED) is 0.654. The Labute approximate surface area is 149 Å². The fraction of sp³-hybridized carbons (Fsp3) is 0.263. The number of nitrogens with zero attached hydrogens (tertiary/aromatic N) is 1. The fourth-order valence-corrected chi connectivity index (χ4v) is 2.75. The number of aromatic nitrogens is 2. The second-order valence-corrected chi connectivity index (χ2v) is 6.47. The van der Waals surface area contributed by atoms with Crippen molar-refractivity contribution in [3.8, 4) is 11.3 Å². The lowest BCUT2D eigenvalue weighted by atomic mass is 10.0. The Morgan fingerprint density at radius 2 is 2.04 bits per heavy atom. The van der Waals surface area contributed by atoms with Crippen molar-refractivity contribution in [1.82, 2.24) is 15.5 Å². The van der Waals surface area contributed by atoms with E-state index < -0.39 is 23.6 Å². The van der Waals surface area contributed by atoms with E-state index in [9.17, 15) is 18.7 Å². The van der Waals surface area contributed by atoms with Gasteiger partial charge in [0.15, 0.2) is 5.82 Å². The molecule has 0 spiro atoms. The maximum Gasteiger partial charge on any atom is 0.251 e. The molecule has 1 atom stereocenters. The summed E-state index contributed by atoms with van der Waals surface area (Å²) in [5.41, 5.74) is 1.10. The third kappa shape index (κ3) is 3.43. The largest absolute Gasteiger partial charge is 0.394 e. The summed E-state index contributed by atoms with van der Waals surface area (Å²) in [5, 5.41) is 19.1. The maximum absolute atomic E-state index is 14.4. The molecule has 0 saturated heterocycles. The number of benzene rings is 2. The van der Waals surface area contributed by atoms with Gasteiger partial charge in [0.1, 0.15) is 11.3 Å². The predicted molar refractivity (Wildman–Crippen MR) is 94.6 cm³/mol. The molecule has 1 heterocycles. The van der Waals surface area contributed by atoms with Crippen molar-refractivity contribution in [2.24, 2.45) is 5.92 Å². The number of H-pyrrole nitrogens is 1. The Morgan fingerprint density at radius 3 is 2.69 bits per heavy atom. The summed E-state index contributed by atoms with van der Waals surface area (Å²) in [6, 6.07) is 7.99. The zero-order valence-corrected chi connectivity index (χ0v) is 14.4. The first kappa shape index (κ1) is 18.0. The summed E-state index contributed by atoms with van der Waals surface area (Å²) in [4.78, 5) is 12.5. The molecule has 0 radical (unpaired) electrons. The summed E-state index contributed by atoms with van der Waals surface area (Å²) in [5.74, 6) is -1.56. The average molecular weight is 359 g/mol. The molecule has 0 saturated carbocycles. The van der Waals surface area contributed by atoms with E-state index in [1.165, 1.54) is 18.2 Å². The van der Waals surface area contributed by atoms with Crippen LogP contribution in [-0.2, 0) is 0 Å².